The first-order valence-corrected chi connectivity index (χ1v) is 7.14. The molecule has 1 aromatic rings. The second kappa shape index (κ2) is 8.43. The number of carbonyl (C=O) groups is 1. The van der Waals surface area contributed by atoms with Crippen molar-refractivity contribution in [1.29, 1.82) is 0 Å². The molecule has 0 bridgehead atoms. The Hall–Kier alpha value is -1.75. The van der Waals surface area contributed by atoms with Crippen molar-refractivity contribution in [1.82, 2.24) is 5.32 Å². The van der Waals surface area contributed by atoms with Crippen LogP contribution in [0.4, 0.5) is 11.4 Å². The minimum Gasteiger partial charge on any atom is -0.397 e. The lowest BCUT2D eigenvalue weighted by atomic mass is 10.0. The molecule has 20 heavy (non-hydrogen) atoms. The fourth-order valence-corrected chi connectivity index (χ4v) is 2.00. The summed E-state index contributed by atoms with van der Waals surface area (Å²) in [5, 5.41) is 15.0. The van der Waals surface area contributed by atoms with Crippen molar-refractivity contribution in [3.63, 3.8) is 0 Å². The van der Waals surface area contributed by atoms with Crippen LogP contribution < -0.4 is 16.4 Å². The van der Waals surface area contributed by atoms with Gasteiger partial charge in [-0.1, -0.05) is 13.3 Å². The quantitative estimate of drug-likeness (QED) is 0.547. The number of aliphatic hydroxyl groups is 1. The summed E-state index contributed by atoms with van der Waals surface area (Å²) >= 11 is 0. The van der Waals surface area contributed by atoms with Crippen LogP contribution in [0.15, 0.2) is 18.2 Å². The van der Waals surface area contributed by atoms with E-state index in [1.54, 1.807) is 18.2 Å². The van der Waals surface area contributed by atoms with E-state index in [0.29, 0.717) is 23.7 Å². The second-order valence-corrected chi connectivity index (χ2v) is 4.83. The molecule has 0 radical (unpaired) electrons. The third-order valence-electron chi connectivity index (χ3n) is 3.35. The van der Waals surface area contributed by atoms with Gasteiger partial charge in [-0.3, -0.25) is 4.79 Å². The van der Waals surface area contributed by atoms with Gasteiger partial charge in [-0.25, -0.2) is 0 Å². The molecular formula is C15H25N3O2. The van der Waals surface area contributed by atoms with Crippen LogP contribution >= 0.6 is 0 Å². The highest BCUT2D eigenvalue weighted by Crippen LogP contribution is 2.21. The van der Waals surface area contributed by atoms with Gasteiger partial charge in [0.1, 0.15) is 0 Å². The molecule has 0 saturated carbocycles. The number of anilines is 2. The molecule has 1 amide bonds. The number of aliphatic hydroxyl groups excluding tert-OH is 1. The fourth-order valence-electron chi connectivity index (χ4n) is 2.00. The Kier molecular flexibility index (Phi) is 6.87. The normalized spacial score (nSPS) is 11.9. The van der Waals surface area contributed by atoms with Gasteiger partial charge in [-0.15, -0.1) is 0 Å². The zero-order chi connectivity index (χ0) is 15.0. The maximum atomic E-state index is 11.8. The Morgan fingerprint density at radius 2 is 2.15 bits per heavy atom. The third kappa shape index (κ3) is 4.74. The molecule has 1 rings (SSSR count). The van der Waals surface area contributed by atoms with Crippen molar-refractivity contribution in [3.05, 3.63) is 23.8 Å². The minimum absolute atomic E-state index is 0.0991. The Balaban J connectivity index is 2.73. The van der Waals surface area contributed by atoms with Gasteiger partial charge in [0, 0.05) is 25.3 Å². The highest BCUT2D eigenvalue weighted by atomic mass is 16.3. The number of hydrogen-bond donors (Lipinski definition) is 4. The number of hydrogen-bond acceptors (Lipinski definition) is 4. The number of carbonyl (C=O) groups excluding carboxylic acids is 1. The van der Waals surface area contributed by atoms with E-state index >= 15 is 0 Å². The van der Waals surface area contributed by atoms with Crippen LogP contribution in [0.2, 0.25) is 0 Å². The lowest BCUT2D eigenvalue weighted by Gasteiger charge is -2.17. The van der Waals surface area contributed by atoms with Crippen molar-refractivity contribution in [2.75, 3.05) is 30.7 Å². The smallest absolute Gasteiger partial charge is 0.251 e. The van der Waals surface area contributed by atoms with Crippen molar-refractivity contribution >= 4 is 17.3 Å². The van der Waals surface area contributed by atoms with E-state index in [-0.39, 0.29) is 12.5 Å². The highest BCUT2D eigenvalue weighted by Gasteiger charge is 2.10. The molecule has 0 aliphatic rings. The van der Waals surface area contributed by atoms with Gasteiger partial charge in [0.2, 0.25) is 0 Å². The van der Waals surface area contributed by atoms with Gasteiger partial charge in [0.25, 0.3) is 5.91 Å². The molecule has 5 heteroatoms. The molecule has 0 saturated heterocycles. The topological polar surface area (TPSA) is 87.4 Å². The maximum absolute atomic E-state index is 11.8. The van der Waals surface area contributed by atoms with Crippen LogP contribution in [0.3, 0.4) is 0 Å². The van der Waals surface area contributed by atoms with E-state index in [2.05, 4.69) is 17.6 Å². The van der Waals surface area contributed by atoms with E-state index < -0.39 is 0 Å². The highest BCUT2D eigenvalue weighted by molar-refractivity contribution is 5.96. The summed E-state index contributed by atoms with van der Waals surface area (Å²) < 4.78 is 0. The van der Waals surface area contributed by atoms with Gasteiger partial charge < -0.3 is 21.5 Å². The number of rotatable bonds is 8. The zero-order valence-corrected chi connectivity index (χ0v) is 12.3. The van der Waals surface area contributed by atoms with Crippen LogP contribution in [-0.2, 0) is 0 Å². The number of nitrogens with two attached hydrogens (primary N) is 1. The van der Waals surface area contributed by atoms with E-state index in [9.17, 15) is 4.79 Å². The molecule has 5 N–H and O–H groups in total. The Morgan fingerprint density at radius 3 is 2.75 bits per heavy atom. The molecule has 0 aliphatic carbocycles. The van der Waals surface area contributed by atoms with Crippen molar-refractivity contribution in [3.8, 4) is 0 Å². The van der Waals surface area contributed by atoms with Crippen LogP contribution in [0.1, 0.15) is 37.0 Å². The summed E-state index contributed by atoms with van der Waals surface area (Å²) in [6.45, 7) is 5.50. The van der Waals surface area contributed by atoms with Gasteiger partial charge in [-0.2, -0.15) is 0 Å². The average molecular weight is 279 g/mol. The largest absolute Gasteiger partial charge is 0.397 e. The second-order valence-electron chi connectivity index (χ2n) is 4.83. The summed E-state index contributed by atoms with van der Waals surface area (Å²) in [6.07, 6.45) is 1.75. The first kappa shape index (κ1) is 16.3. The van der Waals surface area contributed by atoms with Crippen LogP contribution in [0.25, 0.3) is 0 Å². The molecular weight excluding hydrogens is 254 g/mol. The molecule has 0 aliphatic heterocycles. The fraction of sp³-hybridized carbons (Fsp3) is 0.533. The summed E-state index contributed by atoms with van der Waals surface area (Å²) in [6, 6.07) is 5.22. The Labute approximate surface area is 120 Å². The lowest BCUT2D eigenvalue weighted by Crippen LogP contribution is -2.23. The van der Waals surface area contributed by atoms with Crippen LogP contribution in [-0.4, -0.2) is 30.7 Å². The first-order chi connectivity index (χ1) is 9.62. The van der Waals surface area contributed by atoms with Gasteiger partial charge in [0.15, 0.2) is 0 Å². The predicted molar refractivity (Wildman–Crippen MR) is 82.8 cm³/mol. The van der Waals surface area contributed by atoms with Crippen molar-refractivity contribution < 1.29 is 9.90 Å². The average Bonchev–Trinajstić information content (AvgIpc) is 2.45. The number of nitrogen functional groups attached to an aromatic ring is 1. The van der Waals surface area contributed by atoms with Gasteiger partial charge in [-0.05, 0) is 37.5 Å². The van der Waals surface area contributed by atoms with Crippen molar-refractivity contribution in [2.24, 2.45) is 5.92 Å². The Morgan fingerprint density at radius 1 is 1.40 bits per heavy atom. The van der Waals surface area contributed by atoms with Crippen LogP contribution in [0.5, 0.6) is 0 Å². The monoisotopic (exact) mass is 279 g/mol. The van der Waals surface area contributed by atoms with E-state index in [1.165, 1.54) is 0 Å². The molecule has 0 spiro atoms. The SMILES string of the molecule is CCNC(=O)c1ccc(N)c(NCC(CC)CCO)c1. The third-order valence-corrected chi connectivity index (χ3v) is 3.35. The molecule has 1 unspecified atom stereocenters. The summed E-state index contributed by atoms with van der Waals surface area (Å²) in [4.78, 5) is 11.8. The van der Waals surface area contributed by atoms with Crippen LogP contribution in [0, 0.1) is 5.92 Å². The molecule has 1 aromatic carbocycles. The first-order valence-electron chi connectivity index (χ1n) is 7.14. The minimum atomic E-state index is -0.0991. The predicted octanol–water partition coefficient (Wildman–Crippen LogP) is 1.84. The van der Waals surface area contributed by atoms with E-state index in [1.807, 2.05) is 6.92 Å². The summed E-state index contributed by atoms with van der Waals surface area (Å²) in [5.74, 6) is 0.297. The van der Waals surface area contributed by atoms with E-state index in [0.717, 1.165) is 25.1 Å². The molecule has 0 heterocycles. The van der Waals surface area contributed by atoms with Gasteiger partial charge in [0.05, 0.1) is 11.4 Å². The molecule has 5 nitrogen and oxygen atoms in total. The van der Waals surface area contributed by atoms with E-state index in [4.69, 9.17) is 10.8 Å². The number of benzene rings is 1. The molecule has 112 valence electrons. The zero-order valence-electron chi connectivity index (χ0n) is 12.3. The summed E-state index contributed by atoms with van der Waals surface area (Å²) in [7, 11) is 0. The standard InChI is InChI=1S/C15H25N3O2/c1-3-11(7-8-19)10-18-14-9-12(5-6-13(14)16)15(20)17-4-2/h5-6,9,11,18-19H,3-4,7-8,10,16H2,1-2H3,(H,17,20). The number of amides is 1. The maximum Gasteiger partial charge on any atom is 0.251 e. The molecule has 0 fully saturated rings. The summed E-state index contributed by atoms with van der Waals surface area (Å²) in [5.41, 5.74) is 7.91. The lowest BCUT2D eigenvalue weighted by molar-refractivity contribution is 0.0956. The molecule has 0 aromatic heterocycles. The van der Waals surface area contributed by atoms with Gasteiger partial charge >= 0.3 is 0 Å². The Bertz CT molecular complexity index is 435. The molecule has 1 atom stereocenters. The van der Waals surface area contributed by atoms with Crippen molar-refractivity contribution in [2.45, 2.75) is 26.7 Å². The number of nitrogens with one attached hydrogen (secondary N) is 2.